The Kier molecular flexibility index (Phi) is 9.57. The van der Waals surface area contributed by atoms with Gasteiger partial charge in [-0.05, 0) is 74.2 Å². The summed E-state index contributed by atoms with van der Waals surface area (Å²) in [5, 5.41) is 0. The van der Waals surface area contributed by atoms with E-state index in [1.54, 1.807) is 6.20 Å². The molecule has 38 heavy (non-hydrogen) atoms. The van der Waals surface area contributed by atoms with E-state index < -0.39 is 17.3 Å². The molecule has 1 aromatic heterocycles. The number of aromatic nitrogens is 1. The summed E-state index contributed by atoms with van der Waals surface area (Å²) in [6.07, 6.45) is -0.383. The number of pyridine rings is 1. The van der Waals surface area contributed by atoms with Crippen LogP contribution in [0.2, 0.25) is 0 Å². The molecule has 0 aliphatic carbocycles. The predicted octanol–water partition coefficient (Wildman–Crippen LogP) is 5.52. The van der Waals surface area contributed by atoms with E-state index in [1.165, 1.54) is 12.1 Å². The number of likely N-dealkylation sites (tertiary alicyclic amines) is 1. The minimum atomic E-state index is -4.42. The zero-order valence-corrected chi connectivity index (χ0v) is 23.2. The maximum Gasteiger partial charge on any atom is 0.416 e. The van der Waals surface area contributed by atoms with Crippen LogP contribution in [0.4, 0.5) is 19.0 Å². The lowest BCUT2D eigenvalue weighted by Crippen LogP contribution is -2.63. The zero-order valence-electron chi connectivity index (χ0n) is 22.3. The van der Waals surface area contributed by atoms with Gasteiger partial charge in [-0.3, -0.25) is 9.69 Å². The number of carbonyl (C=O) groups is 1. The van der Waals surface area contributed by atoms with Crippen molar-refractivity contribution in [2.75, 3.05) is 50.7 Å². The lowest BCUT2D eigenvalue weighted by Gasteiger charge is -2.46. The molecular formula is C28H38ClF3N4O2. The van der Waals surface area contributed by atoms with E-state index in [0.29, 0.717) is 39.1 Å². The number of anilines is 1. The number of amides is 1. The summed E-state index contributed by atoms with van der Waals surface area (Å²) in [4.78, 5) is 24.7. The molecule has 6 nitrogen and oxygen atoms in total. The molecule has 1 aromatic carbocycles. The standard InChI is InChI=1S/C28H37F3N4O2.ClH/c1-26(2,3)13-16-33-15-6-12-27(21-33,37-23-10-8-22(9-11-23)28(29,30)31)25(36)35-19-17-34(18-20-35)24-7-4-5-14-32-24;/h4-5,7-11,14H,6,12-13,15-21H2,1-3H3;1H. The van der Waals surface area contributed by atoms with Crippen molar-refractivity contribution in [2.45, 2.75) is 51.8 Å². The van der Waals surface area contributed by atoms with Crippen LogP contribution in [0.3, 0.4) is 0 Å². The molecule has 2 fully saturated rings. The summed E-state index contributed by atoms with van der Waals surface area (Å²) in [6.45, 7) is 11.1. The van der Waals surface area contributed by atoms with E-state index in [-0.39, 0.29) is 29.5 Å². The highest BCUT2D eigenvalue weighted by Crippen LogP contribution is 2.34. The first kappa shape index (κ1) is 30.0. The molecule has 2 aromatic rings. The van der Waals surface area contributed by atoms with Crippen molar-refractivity contribution >= 4 is 24.1 Å². The van der Waals surface area contributed by atoms with E-state index in [4.69, 9.17) is 4.74 Å². The van der Waals surface area contributed by atoms with E-state index in [9.17, 15) is 18.0 Å². The van der Waals surface area contributed by atoms with Gasteiger partial charge in [0.05, 0.1) is 5.56 Å². The summed E-state index contributed by atoms with van der Waals surface area (Å²) in [5.74, 6) is 1.08. The van der Waals surface area contributed by atoms with Crippen molar-refractivity contribution in [1.29, 1.82) is 0 Å². The normalized spacial score (nSPS) is 21.1. The third-order valence-electron chi connectivity index (χ3n) is 7.14. The first-order valence-corrected chi connectivity index (χ1v) is 13.0. The Morgan fingerprint density at radius 3 is 2.26 bits per heavy atom. The van der Waals surface area contributed by atoms with Crippen molar-refractivity contribution in [2.24, 2.45) is 5.41 Å². The Labute approximate surface area is 229 Å². The van der Waals surface area contributed by atoms with Crippen molar-refractivity contribution in [3.8, 4) is 5.75 Å². The van der Waals surface area contributed by atoms with Gasteiger partial charge in [0.15, 0.2) is 5.60 Å². The molecule has 1 unspecified atom stereocenters. The Bertz CT molecular complexity index is 1040. The van der Waals surface area contributed by atoms with E-state index in [2.05, 4.69) is 35.6 Å². The van der Waals surface area contributed by atoms with Crippen molar-refractivity contribution < 1.29 is 22.7 Å². The van der Waals surface area contributed by atoms with E-state index in [1.807, 2.05) is 23.1 Å². The van der Waals surface area contributed by atoms with Crippen LogP contribution >= 0.6 is 12.4 Å². The molecule has 0 radical (unpaired) electrons. The second kappa shape index (κ2) is 12.1. The van der Waals surface area contributed by atoms with Gasteiger partial charge in [-0.1, -0.05) is 26.8 Å². The number of piperazine rings is 1. The number of halogens is 4. The smallest absolute Gasteiger partial charge is 0.416 e. The highest BCUT2D eigenvalue weighted by molar-refractivity contribution is 5.86. The maximum absolute atomic E-state index is 14.1. The van der Waals surface area contributed by atoms with Crippen LogP contribution in [0.1, 0.15) is 45.6 Å². The van der Waals surface area contributed by atoms with Gasteiger partial charge in [-0.2, -0.15) is 13.2 Å². The number of hydrogen-bond donors (Lipinski definition) is 0. The minimum Gasteiger partial charge on any atom is -0.476 e. The summed E-state index contributed by atoms with van der Waals surface area (Å²) in [6, 6.07) is 10.5. The van der Waals surface area contributed by atoms with Gasteiger partial charge >= 0.3 is 6.18 Å². The minimum absolute atomic E-state index is 0. The average Bonchev–Trinajstić information content (AvgIpc) is 2.87. The lowest BCUT2D eigenvalue weighted by molar-refractivity contribution is -0.154. The number of ether oxygens (including phenoxy) is 1. The molecule has 2 aliphatic heterocycles. The molecule has 0 spiro atoms. The SMILES string of the molecule is CC(C)(C)CCN1CCCC(Oc2ccc(C(F)(F)F)cc2)(C(=O)N2CCN(c3ccccn3)CC2)C1.Cl. The maximum atomic E-state index is 14.1. The van der Waals surface area contributed by atoms with Crippen molar-refractivity contribution in [3.05, 3.63) is 54.2 Å². The number of rotatable bonds is 6. The second-order valence-corrected chi connectivity index (χ2v) is 11.3. The second-order valence-electron chi connectivity index (χ2n) is 11.3. The number of piperidine rings is 1. The Hall–Kier alpha value is -2.52. The summed E-state index contributed by atoms with van der Waals surface area (Å²) in [7, 11) is 0. The van der Waals surface area contributed by atoms with Gasteiger partial charge in [-0.25, -0.2) is 4.98 Å². The number of nitrogens with zero attached hydrogens (tertiary/aromatic N) is 4. The van der Waals surface area contributed by atoms with Gasteiger partial charge in [0.25, 0.3) is 5.91 Å². The summed E-state index contributed by atoms with van der Waals surface area (Å²) >= 11 is 0. The molecule has 3 heterocycles. The van der Waals surface area contributed by atoms with Gasteiger partial charge in [0, 0.05) is 38.9 Å². The highest BCUT2D eigenvalue weighted by Gasteiger charge is 2.47. The molecular weight excluding hydrogens is 517 g/mol. The van der Waals surface area contributed by atoms with Crippen molar-refractivity contribution in [1.82, 2.24) is 14.8 Å². The molecule has 1 amide bonds. The number of carbonyl (C=O) groups excluding carboxylic acids is 1. The molecule has 2 aliphatic rings. The van der Waals surface area contributed by atoms with Crippen LogP contribution in [-0.4, -0.2) is 72.1 Å². The van der Waals surface area contributed by atoms with Gasteiger partial charge in [0.1, 0.15) is 11.6 Å². The number of benzene rings is 1. The van der Waals surface area contributed by atoms with E-state index in [0.717, 1.165) is 43.9 Å². The lowest BCUT2D eigenvalue weighted by atomic mass is 9.88. The van der Waals surface area contributed by atoms with Crippen molar-refractivity contribution in [3.63, 3.8) is 0 Å². The largest absolute Gasteiger partial charge is 0.476 e. The van der Waals surface area contributed by atoms with Crippen LogP contribution in [0.5, 0.6) is 5.75 Å². The first-order valence-electron chi connectivity index (χ1n) is 13.0. The monoisotopic (exact) mass is 554 g/mol. The topological polar surface area (TPSA) is 48.9 Å². The molecule has 2 saturated heterocycles. The summed E-state index contributed by atoms with van der Waals surface area (Å²) < 4.78 is 45.7. The Morgan fingerprint density at radius 1 is 1.00 bits per heavy atom. The molecule has 0 saturated carbocycles. The fourth-order valence-corrected chi connectivity index (χ4v) is 5.00. The van der Waals surface area contributed by atoms with Gasteiger partial charge in [-0.15, -0.1) is 12.4 Å². The molecule has 210 valence electrons. The fraction of sp³-hybridized carbons (Fsp3) is 0.571. The number of alkyl halides is 3. The Balaban J connectivity index is 0.00000400. The van der Waals surface area contributed by atoms with E-state index >= 15 is 0 Å². The highest BCUT2D eigenvalue weighted by atomic mass is 35.5. The van der Waals surface area contributed by atoms with Crippen LogP contribution in [0, 0.1) is 5.41 Å². The number of hydrogen-bond acceptors (Lipinski definition) is 5. The third kappa shape index (κ3) is 7.53. The molecule has 1 atom stereocenters. The van der Waals surface area contributed by atoms with Crippen LogP contribution in [0.25, 0.3) is 0 Å². The van der Waals surface area contributed by atoms with Gasteiger partial charge < -0.3 is 14.5 Å². The summed E-state index contributed by atoms with van der Waals surface area (Å²) in [5.41, 5.74) is -1.72. The first-order chi connectivity index (χ1) is 17.5. The molecule has 4 rings (SSSR count). The van der Waals surface area contributed by atoms with Crippen LogP contribution in [0.15, 0.2) is 48.7 Å². The molecule has 10 heteroatoms. The van der Waals surface area contributed by atoms with Gasteiger partial charge in [0.2, 0.25) is 0 Å². The predicted molar refractivity (Wildman–Crippen MR) is 145 cm³/mol. The quantitative estimate of drug-likeness (QED) is 0.470. The van der Waals surface area contributed by atoms with Crippen LogP contribution < -0.4 is 9.64 Å². The average molecular weight is 555 g/mol. The molecule has 0 bridgehead atoms. The zero-order chi connectivity index (χ0) is 26.7. The van der Waals surface area contributed by atoms with Crippen LogP contribution in [-0.2, 0) is 11.0 Å². The third-order valence-corrected chi connectivity index (χ3v) is 7.14. The Morgan fingerprint density at radius 2 is 1.68 bits per heavy atom. The fourth-order valence-electron chi connectivity index (χ4n) is 5.00. The molecule has 0 N–H and O–H groups in total.